The Hall–Kier alpha value is -9.32. The molecule has 2 nitrogen and oxygen atoms in total. The van der Waals surface area contributed by atoms with E-state index in [2.05, 4.69) is 138 Å². The molecule has 0 N–H and O–H groups in total. The molecule has 0 aliphatic heterocycles. The Labute approximate surface area is 460 Å². The van der Waals surface area contributed by atoms with Crippen molar-refractivity contribution in [3.05, 3.63) is 291 Å². The van der Waals surface area contributed by atoms with E-state index in [1.54, 1.807) is 11.3 Å². The predicted octanol–water partition coefficient (Wildman–Crippen LogP) is 16.6. The average molecular weight is 1010 g/mol. The molecule has 0 aliphatic rings. The molecule has 0 radical (unpaired) electrons. The second-order valence-electron chi connectivity index (χ2n) is 19.2. The van der Waals surface area contributed by atoms with E-state index < -0.39 is 68.5 Å². The van der Waals surface area contributed by atoms with E-state index in [0.717, 1.165) is 65.0 Å². The Morgan fingerprint density at radius 2 is 0.803 bits per heavy atom. The molecule has 3 heterocycles. The third-order valence-corrected chi connectivity index (χ3v) is 21.2. The zero-order valence-corrected chi connectivity index (χ0v) is 42.6. The SMILES string of the molecule is [2H]c1c([2H])c([2H])c(-c2cc([Si](c3ccccc3)(c3ccccc3)c3ccccc3)cc(-c3c([2H])c([2H])c([2H])c([2H])c3[2H])c2-n2c3ccccc3c3cc(-n4c5ccccc5c5cccc(-c6cccc7c6sc6ccccc67)c54)ccc32)c([2H])c1[2H]. The molecule has 0 amide bonds. The van der Waals surface area contributed by atoms with Crippen LogP contribution in [0.5, 0.6) is 0 Å². The first-order valence-corrected chi connectivity index (χ1v) is 28.2. The number of para-hydroxylation sites is 3. The molecule has 4 heteroatoms. The van der Waals surface area contributed by atoms with Crippen molar-refractivity contribution in [3.8, 4) is 44.8 Å². The fraction of sp³-hybridized carbons (Fsp3) is 0. The van der Waals surface area contributed by atoms with Crippen LogP contribution in [-0.4, -0.2) is 17.2 Å². The highest BCUT2D eigenvalue weighted by Gasteiger charge is 2.42. The van der Waals surface area contributed by atoms with Crippen molar-refractivity contribution >= 4 is 104 Å². The summed E-state index contributed by atoms with van der Waals surface area (Å²) >= 11 is 1.79. The summed E-state index contributed by atoms with van der Waals surface area (Å²) in [5.41, 5.74) is 6.95. The van der Waals surface area contributed by atoms with Gasteiger partial charge in [-0.15, -0.1) is 11.3 Å². The van der Waals surface area contributed by atoms with Crippen LogP contribution in [0.2, 0.25) is 0 Å². The summed E-state index contributed by atoms with van der Waals surface area (Å²) in [6.07, 6.45) is 0. The van der Waals surface area contributed by atoms with Gasteiger partial charge < -0.3 is 9.13 Å². The van der Waals surface area contributed by atoms with E-state index in [1.165, 1.54) is 20.2 Å². The van der Waals surface area contributed by atoms with Crippen LogP contribution < -0.4 is 20.7 Å². The van der Waals surface area contributed by atoms with E-state index >= 15 is 0 Å². The zero-order valence-electron chi connectivity index (χ0n) is 50.7. The molecule has 0 aliphatic carbocycles. The maximum absolute atomic E-state index is 9.86. The van der Waals surface area contributed by atoms with Crippen LogP contribution in [0, 0.1) is 0 Å². The first-order chi connectivity index (χ1) is 41.9. The molecule has 0 unspecified atom stereocenters. The van der Waals surface area contributed by atoms with Gasteiger partial charge in [-0.3, -0.25) is 0 Å². The molecule has 0 atom stereocenters. The normalized spacial score (nSPS) is 13.8. The number of hydrogen-bond donors (Lipinski definition) is 0. The zero-order chi connectivity index (χ0) is 58.9. The third kappa shape index (κ3) is 6.78. The quantitative estimate of drug-likeness (QED) is 0.101. The van der Waals surface area contributed by atoms with Gasteiger partial charge in [0, 0.05) is 69.7 Å². The molecule has 76 heavy (non-hydrogen) atoms. The minimum Gasteiger partial charge on any atom is -0.309 e. The van der Waals surface area contributed by atoms with Gasteiger partial charge in [0.2, 0.25) is 0 Å². The summed E-state index contributed by atoms with van der Waals surface area (Å²) in [5, 5.41) is 9.80. The van der Waals surface area contributed by atoms with Crippen molar-refractivity contribution in [1.82, 2.24) is 9.13 Å². The Balaban J connectivity index is 1.11. The highest BCUT2D eigenvalue weighted by molar-refractivity contribution is 7.26. The Morgan fingerprint density at radius 1 is 0.329 bits per heavy atom. The molecule has 0 bridgehead atoms. The van der Waals surface area contributed by atoms with Crippen molar-refractivity contribution in [2.24, 2.45) is 0 Å². The first-order valence-electron chi connectivity index (χ1n) is 30.3. The highest BCUT2D eigenvalue weighted by atomic mass is 32.1. The van der Waals surface area contributed by atoms with E-state index in [0.29, 0.717) is 16.2 Å². The van der Waals surface area contributed by atoms with Crippen molar-refractivity contribution in [2.45, 2.75) is 0 Å². The van der Waals surface area contributed by atoms with Crippen LogP contribution in [0.1, 0.15) is 13.7 Å². The lowest BCUT2D eigenvalue weighted by Crippen LogP contribution is -2.74. The molecule has 0 fully saturated rings. The number of rotatable bonds is 9. The summed E-state index contributed by atoms with van der Waals surface area (Å²) in [6, 6.07) is 73.4. The van der Waals surface area contributed by atoms with Crippen molar-refractivity contribution in [1.29, 1.82) is 0 Å². The molecule has 12 aromatic carbocycles. The van der Waals surface area contributed by atoms with E-state index in [1.807, 2.05) is 102 Å². The largest absolute Gasteiger partial charge is 0.309 e. The van der Waals surface area contributed by atoms with Gasteiger partial charge in [-0.25, -0.2) is 0 Å². The Bertz CT molecular complexity index is 5070. The molecule has 15 aromatic rings. The Kier molecular flexibility index (Phi) is 8.27. The van der Waals surface area contributed by atoms with Gasteiger partial charge in [0.25, 0.3) is 0 Å². The first kappa shape index (κ1) is 35.0. The Morgan fingerprint density at radius 3 is 1.41 bits per heavy atom. The van der Waals surface area contributed by atoms with Crippen LogP contribution in [0.15, 0.2) is 291 Å². The maximum atomic E-state index is 9.86. The third-order valence-electron chi connectivity index (χ3n) is 15.2. The fourth-order valence-electron chi connectivity index (χ4n) is 12.1. The van der Waals surface area contributed by atoms with Gasteiger partial charge in [0.1, 0.15) is 0 Å². The average Bonchev–Trinajstić information content (AvgIpc) is 1.25. The summed E-state index contributed by atoms with van der Waals surface area (Å²) in [6.45, 7) is 0. The van der Waals surface area contributed by atoms with Crippen LogP contribution in [0.4, 0.5) is 0 Å². The van der Waals surface area contributed by atoms with Gasteiger partial charge in [0.15, 0.2) is 8.07 Å². The minimum atomic E-state index is -3.64. The number of benzene rings is 12. The van der Waals surface area contributed by atoms with Gasteiger partial charge in [-0.05, 0) is 68.3 Å². The number of fused-ring (bicyclic) bond motifs is 9. The number of thiophene rings is 1. The fourth-order valence-corrected chi connectivity index (χ4v) is 18.1. The molecule has 3 aromatic heterocycles. The summed E-state index contributed by atoms with van der Waals surface area (Å²) in [4.78, 5) is 0. The van der Waals surface area contributed by atoms with Crippen molar-refractivity contribution < 1.29 is 13.7 Å². The lowest BCUT2D eigenvalue weighted by atomic mass is 9.95. The van der Waals surface area contributed by atoms with Crippen molar-refractivity contribution in [2.75, 3.05) is 0 Å². The molecule has 0 spiro atoms. The molecule has 356 valence electrons. The maximum Gasteiger partial charge on any atom is 0.179 e. The second-order valence-corrected chi connectivity index (χ2v) is 24.0. The number of aromatic nitrogens is 2. The lowest BCUT2D eigenvalue weighted by molar-refractivity contribution is 1.17. The predicted molar refractivity (Wildman–Crippen MR) is 328 cm³/mol. The smallest absolute Gasteiger partial charge is 0.179 e. The second kappa shape index (κ2) is 18.0. The topological polar surface area (TPSA) is 9.86 Å². The summed E-state index contributed by atoms with van der Waals surface area (Å²) < 4.78 is 101. The van der Waals surface area contributed by atoms with Crippen molar-refractivity contribution in [3.63, 3.8) is 0 Å². The number of hydrogen-bond acceptors (Lipinski definition) is 1. The van der Waals surface area contributed by atoms with Crippen LogP contribution in [-0.2, 0) is 0 Å². The van der Waals surface area contributed by atoms with E-state index in [9.17, 15) is 11.0 Å². The van der Waals surface area contributed by atoms with Crippen LogP contribution in [0.25, 0.3) is 109 Å². The van der Waals surface area contributed by atoms with Gasteiger partial charge in [-0.2, -0.15) is 0 Å². The highest BCUT2D eigenvalue weighted by Crippen LogP contribution is 2.46. The molecule has 15 rings (SSSR count). The summed E-state index contributed by atoms with van der Waals surface area (Å²) in [5.74, 6) is 0. The molecular weight excluding hydrogens is 953 g/mol. The number of nitrogens with zero attached hydrogens (tertiary/aromatic N) is 2. The van der Waals surface area contributed by atoms with E-state index in [-0.39, 0.29) is 27.9 Å². The molecule has 0 saturated carbocycles. The van der Waals surface area contributed by atoms with Gasteiger partial charge >= 0.3 is 0 Å². The van der Waals surface area contributed by atoms with Gasteiger partial charge in [-0.1, -0.05) is 255 Å². The van der Waals surface area contributed by atoms with Crippen LogP contribution in [0.3, 0.4) is 0 Å². The molecule has 0 saturated heterocycles. The lowest BCUT2D eigenvalue weighted by Gasteiger charge is -2.36. The summed E-state index contributed by atoms with van der Waals surface area (Å²) in [7, 11) is -3.64. The van der Waals surface area contributed by atoms with Gasteiger partial charge in [0.05, 0.1) is 41.5 Å². The van der Waals surface area contributed by atoms with E-state index in [4.69, 9.17) is 2.74 Å². The molecular formula is C72H48N2SSi. The monoisotopic (exact) mass is 1010 g/mol. The standard InChI is InChI=1S/C72H48N2SSi/c1-6-24-49(25-7-1)63-47-55(76(52-28-10-3-11-29-52,53-30-12-4-13-31-53)54-32-14-5-15-33-54)48-64(50-26-8-2-9-27-50)71(63)74-67-42-20-17-35-57(67)65-46-51(44-45-68(65)74)73-66-41-19-16-34-56(66)59-37-22-38-60(70(59)73)62-40-23-39-61-58-36-18-21-43-69(58)75-72(61)62/h1-48H/i1D,2D,6D,7D,8D,9D,24D,25D,26D,27D. The minimum absolute atomic E-state index is 0.104. The van der Waals surface area contributed by atoms with Crippen LogP contribution >= 0.6 is 11.3 Å².